The van der Waals surface area contributed by atoms with Gasteiger partial charge in [0, 0.05) is 0 Å². The van der Waals surface area contributed by atoms with Gasteiger partial charge in [-0.3, -0.25) is 4.84 Å². The fourth-order valence-electron chi connectivity index (χ4n) is 1.82. The van der Waals surface area contributed by atoms with Crippen LogP contribution in [0, 0.1) is 12.3 Å². The monoisotopic (exact) mass is 432 g/mol. The first-order valence-electron chi connectivity index (χ1n) is 8.92. The van der Waals surface area contributed by atoms with Crippen LogP contribution in [0.2, 0.25) is 0 Å². The molecule has 10 heteroatoms. The molecule has 29 heavy (non-hydrogen) atoms. The van der Waals surface area contributed by atoms with Crippen LogP contribution in [0.5, 0.6) is 0 Å². The number of carbonyl (C=O) groups is 2. The Hall–Kier alpha value is -2.25. The van der Waals surface area contributed by atoms with Crippen LogP contribution in [-0.2, 0) is 24.3 Å². The average molecular weight is 433 g/mol. The van der Waals surface area contributed by atoms with Crippen LogP contribution < -0.4 is 4.72 Å². The van der Waals surface area contributed by atoms with Gasteiger partial charge in [-0.15, -0.1) is 11.5 Å². The smallest absolute Gasteiger partial charge is 0.442 e. The maximum Gasteiger partial charge on any atom is 0.534 e. The molecule has 0 spiro atoms. The van der Waals surface area contributed by atoms with Gasteiger partial charge in [-0.25, -0.2) is 22.7 Å². The molecule has 1 amide bonds. The number of rotatable bonds is 6. The summed E-state index contributed by atoms with van der Waals surface area (Å²) in [5.41, 5.74) is -1.02. The van der Waals surface area contributed by atoms with Crippen molar-refractivity contribution in [2.75, 3.05) is 12.8 Å². The highest BCUT2D eigenvalue weighted by Crippen LogP contribution is 2.15. The molecule has 0 aromatic carbocycles. The van der Waals surface area contributed by atoms with Gasteiger partial charge in [-0.05, 0) is 54.9 Å². The molecule has 0 radical (unpaired) electrons. The van der Waals surface area contributed by atoms with E-state index in [9.17, 15) is 18.0 Å². The van der Waals surface area contributed by atoms with Crippen LogP contribution in [-0.4, -0.2) is 55.8 Å². The Morgan fingerprint density at radius 3 is 2.07 bits per heavy atom. The highest BCUT2D eigenvalue weighted by molar-refractivity contribution is 7.88. The molecule has 9 nitrogen and oxygen atoms in total. The molecular weight excluding hydrogens is 400 g/mol. The van der Waals surface area contributed by atoms with Crippen LogP contribution in [0.25, 0.3) is 0 Å². The number of amides is 1. The van der Waals surface area contributed by atoms with E-state index in [4.69, 9.17) is 20.7 Å². The van der Waals surface area contributed by atoms with E-state index in [0.717, 1.165) is 11.3 Å². The number of terminal acetylenes is 1. The molecule has 0 heterocycles. The first-order chi connectivity index (χ1) is 12.9. The summed E-state index contributed by atoms with van der Waals surface area (Å²) in [6.45, 7) is 11.5. The van der Waals surface area contributed by atoms with Crippen LogP contribution in [0.1, 0.15) is 54.9 Å². The molecule has 0 saturated heterocycles. The lowest BCUT2D eigenvalue weighted by Crippen LogP contribution is -2.40. The Labute approximate surface area is 173 Å². The molecule has 0 aromatic heterocycles. The van der Waals surface area contributed by atoms with Gasteiger partial charge in [0.2, 0.25) is 10.0 Å². The minimum absolute atomic E-state index is 0.121. The molecule has 1 unspecified atom stereocenters. The number of hydroxylamine groups is 2. The minimum Gasteiger partial charge on any atom is -0.442 e. The lowest BCUT2D eigenvalue weighted by Gasteiger charge is -2.27. The Kier molecular flexibility index (Phi) is 9.69. The second kappa shape index (κ2) is 10.5. The van der Waals surface area contributed by atoms with E-state index in [1.165, 1.54) is 0 Å². The number of nitrogens with one attached hydrogen (secondary N) is 1. The number of carbonyl (C=O) groups excluding carboxylic acids is 2. The quantitative estimate of drug-likeness (QED) is 0.297. The van der Waals surface area contributed by atoms with Crippen LogP contribution >= 0.6 is 0 Å². The average Bonchev–Trinajstić information content (AvgIpc) is 2.46. The summed E-state index contributed by atoms with van der Waals surface area (Å²) in [6.07, 6.45) is 6.23. The van der Waals surface area contributed by atoms with Crippen molar-refractivity contribution in [3.63, 3.8) is 0 Å². The SMILES string of the molecule is C#CC(C/C=C(\C)CN(OC(=O)OC(C)(C)C)C(=O)OC(C)(C)C)NS(C)(=O)=O. The predicted octanol–water partition coefficient (Wildman–Crippen LogP) is 2.98. The molecule has 166 valence electrons. The summed E-state index contributed by atoms with van der Waals surface area (Å²) in [7, 11) is -3.47. The second-order valence-corrected chi connectivity index (χ2v) is 10.2. The molecule has 0 aliphatic heterocycles. The molecule has 0 rings (SSSR count). The normalized spacial score (nSPS) is 13.8. The van der Waals surface area contributed by atoms with Gasteiger partial charge in [0.05, 0.1) is 18.8 Å². The minimum atomic E-state index is -3.47. The van der Waals surface area contributed by atoms with Gasteiger partial charge in [-0.2, -0.15) is 0 Å². The number of ether oxygens (including phenoxy) is 2. The number of hydrogen-bond donors (Lipinski definition) is 1. The second-order valence-electron chi connectivity index (χ2n) is 8.47. The maximum atomic E-state index is 12.4. The van der Waals surface area contributed by atoms with Crippen molar-refractivity contribution in [1.82, 2.24) is 9.79 Å². The molecule has 1 atom stereocenters. The standard InChI is InChI=1S/C19H32N2O7S/c1-10-15(20-29(9,24)25)12-11-14(2)13-21(16(22)26-18(3,4)5)28-17(23)27-19(6,7)8/h1,11,15,20H,12-13H2,2-9H3/b14-11+. The van der Waals surface area contributed by atoms with E-state index in [-0.39, 0.29) is 13.0 Å². The fourth-order valence-corrected chi connectivity index (χ4v) is 2.51. The number of hydrogen-bond acceptors (Lipinski definition) is 7. The summed E-state index contributed by atoms with van der Waals surface area (Å²) in [5.74, 6) is 2.33. The van der Waals surface area contributed by atoms with E-state index in [1.54, 1.807) is 54.5 Å². The zero-order chi connectivity index (χ0) is 23.0. The zero-order valence-electron chi connectivity index (χ0n) is 18.4. The third kappa shape index (κ3) is 14.4. The van der Waals surface area contributed by atoms with Gasteiger partial charge < -0.3 is 9.47 Å². The third-order valence-electron chi connectivity index (χ3n) is 2.82. The first-order valence-corrected chi connectivity index (χ1v) is 10.8. The van der Waals surface area contributed by atoms with E-state index in [2.05, 4.69) is 10.6 Å². The Morgan fingerprint density at radius 1 is 1.14 bits per heavy atom. The van der Waals surface area contributed by atoms with Crippen molar-refractivity contribution in [2.24, 2.45) is 0 Å². The largest absolute Gasteiger partial charge is 0.534 e. The van der Waals surface area contributed by atoms with Crippen molar-refractivity contribution in [2.45, 2.75) is 72.1 Å². The predicted molar refractivity (Wildman–Crippen MR) is 109 cm³/mol. The van der Waals surface area contributed by atoms with Crippen molar-refractivity contribution in [1.29, 1.82) is 0 Å². The van der Waals surface area contributed by atoms with Crippen LogP contribution in [0.4, 0.5) is 9.59 Å². The van der Waals surface area contributed by atoms with Crippen LogP contribution in [0.15, 0.2) is 11.6 Å². The molecule has 0 fully saturated rings. The lowest BCUT2D eigenvalue weighted by atomic mass is 10.1. The van der Waals surface area contributed by atoms with Crippen molar-refractivity contribution in [3.8, 4) is 12.3 Å². The maximum absolute atomic E-state index is 12.4. The van der Waals surface area contributed by atoms with Crippen molar-refractivity contribution < 1.29 is 32.3 Å². The van der Waals surface area contributed by atoms with E-state index < -0.39 is 39.5 Å². The van der Waals surface area contributed by atoms with Crippen LogP contribution in [0.3, 0.4) is 0 Å². The van der Waals surface area contributed by atoms with Gasteiger partial charge in [0.15, 0.2) is 0 Å². The van der Waals surface area contributed by atoms with E-state index in [0.29, 0.717) is 5.57 Å². The van der Waals surface area contributed by atoms with Gasteiger partial charge >= 0.3 is 12.2 Å². The van der Waals surface area contributed by atoms with Gasteiger partial charge in [0.25, 0.3) is 0 Å². The number of sulfonamides is 1. The molecule has 0 aliphatic carbocycles. The molecule has 1 N–H and O–H groups in total. The fraction of sp³-hybridized carbons (Fsp3) is 0.684. The summed E-state index contributed by atoms with van der Waals surface area (Å²) in [4.78, 5) is 29.4. The van der Waals surface area contributed by atoms with Crippen molar-refractivity contribution in [3.05, 3.63) is 11.6 Å². The highest BCUT2D eigenvalue weighted by Gasteiger charge is 2.28. The van der Waals surface area contributed by atoms with Gasteiger partial charge in [-0.1, -0.05) is 17.6 Å². The Balaban J connectivity index is 5.29. The third-order valence-corrected chi connectivity index (χ3v) is 3.54. The topological polar surface area (TPSA) is 111 Å². The summed E-state index contributed by atoms with van der Waals surface area (Å²) >= 11 is 0. The molecule has 0 aromatic rings. The first kappa shape index (κ1) is 26.8. The highest BCUT2D eigenvalue weighted by atomic mass is 32.2. The zero-order valence-corrected chi connectivity index (χ0v) is 19.2. The Bertz CT molecular complexity index is 753. The molecule has 0 bridgehead atoms. The molecule has 0 aliphatic rings. The lowest BCUT2D eigenvalue weighted by molar-refractivity contribution is -0.131. The van der Waals surface area contributed by atoms with E-state index in [1.807, 2.05) is 0 Å². The summed E-state index contributed by atoms with van der Waals surface area (Å²) in [5, 5.41) is 0.736. The van der Waals surface area contributed by atoms with Gasteiger partial charge in [0.1, 0.15) is 11.2 Å². The summed E-state index contributed by atoms with van der Waals surface area (Å²) < 4.78 is 35.2. The molecule has 0 saturated carbocycles. The van der Waals surface area contributed by atoms with E-state index >= 15 is 0 Å². The Morgan fingerprint density at radius 2 is 1.66 bits per heavy atom. The van der Waals surface area contributed by atoms with Crippen molar-refractivity contribution >= 4 is 22.3 Å². The number of nitrogens with zero attached hydrogens (tertiary/aromatic N) is 1. The summed E-state index contributed by atoms with van der Waals surface area (Å²) in [6, 6.07) is -0.748. The molecular formula is C19H32N2O7S.